The Bertz CT molecular complexity index is 145. The van der Waals surface area contributed by atoms with Crippen molar-refractivity contribution >= 4 is 0 Å². The molecule has 1 heterocycles. The first-order chi connectivity index (χ1) is 7.52. The van der Waals surface area contributed by atoms with Gasteiger partial charge in [-0.2, -0.15) is 0 Å². The maximum absolute atomic E-state index is 5.24. The summed E-state index contributed by atoms with van der Waals surface area (Å²) in [6.07, 6.45) is 0.994. The first kappa shape index (κ1) is 15.8. The highest BCUT2D eigenvalue weighted by molar-refractivity contribution is 4.57. The lowest BCUT2D eigenvalue weighted by Crippen LogP contribution is -2.33. The lowest BCUT2D eigenvalue weighted by atomic mass is 10.3. The summed E-state index contributed by atoms with van der Waals surface area (Å²) < 4.78 is 20.6. The van der Waals surface area contributed by atoms with Crippen molar-refractivity contribution in [2.45, 2.75) is 53.1 Å². The highest BCUT2D eigenvalue weighted by atomic mass is 16.7. The van der Waals surface area contributed by atoms with Crippen molar-refractivity contribution < 1.29 is 18.9 Å². The second-order valence-corrected chi connectivity index (χ2v) is 3.93. The second-order valence-electron chi connectivity index (χ2n) is 3.93. The molecule has 1 fully saturated rings. The van der Waals surface area contributed by atoms with Crippen molar-refractivity contribution in [3.05, 3.63) is 0 Å². The third kappa shape index (κ3) is 9.09. The van der Waals surface area contributed by atoms with Crippen LogP contribution in [0.15, 0.2) is 0 Å². The zero-order valence-corrected chi connectivity index (χ0v) is 11.2. The van der Waals surface area contributed by atoms with Gasteiger partial charge in [0.15, 0.2) is 12.1 Å². The lowest BCUT2D eigenvalue weighted by Gasteiger charge is -2.29. The standard InChI is InChI=1S/C6H12O2.C6H14O2/c1-6(2)7-4-3-5-8-6;1-4-7-6(3)8-5-2/h3-5H2,1-2H3;6H,4-5H2,1-3H3. The minimum Gasteiger partial charge on any atom is -0.353 e. The molecule has 1 saturated heterocycles. The van der Waals surface area contributed by atoms with Crippen LogP contribution in [0.5, 0.6) is 0 Å². The highest BCUT2D eigenvalue weighted by Gasteiger charge is 2.21. The molecule has 16 heavy (non-hydrogen) atoms. The average molecular weight is 234 g/mol. The summed E-state index contributed by atoms with van der Waals surface area (Å²) in [4.78, 5) is 0. The molecule has 4 nitrogen and oxygen atoms in total. The van der Waals surface area contributed by atoms with Gasteiger partial charge in [0, 0.05) is 13.2 Å². The highest BCUT2D eigenvalue weighted by Crippen LogP contribution is 2.15. The Balaban J connectivity index is 0.000000281. The van der Waals surface area contributed by atoms with Crippen LogP contribution in [-0.2, 0) is 18.9 Å². The zero-order chi connectivity index (χ0) is 12.4. The van der Waals surface area contributed by atoms with E-state index in [2.05, 4.69) is 0 Å². The molecule has 0 aromatic rings. The van der Waals surface area contributed by atoms with Crippen molar-refractivity contribution in [1.29, 1.82) is 0 Å². The van der Waals surface area contributed by atoms with Crippen molar-refractivity contribution in [3.8, 4) is 0 Å². The summed E-state index contributed by atoms with van der Waals surface area (Å²) in [5.41, 5.74) is 0. The zero-order valence-electron chi connectivity index (χ0n) is 11.2. The number of hydrogen-bond acceptors (Lipinski definition) is 4. The summed E-state index contributed by atoms with van der Waals surface area (Å²) in [6, 6.07) is 0. The predicted octanol–water partition coefficient (Wildman–Crippen LogP) is 2.56. The van der Waals surface area contributed by atoms with E-state index in [0.717, 1.165) is 32.8 Å². The minimum atomic E-state index is -0.321. The number of ether oxygens (including phenoxy) is 4. The van der Waals surface area contributed by atoms with Crippen LogP contribution in [0.3, 0.4) is 0 Å². The van der Waals surface area contributed by atoms with Gasteiger partial charge >= 0.3 is 0 Å². The first-order valence-corrected chi connectivity index (χ1v) is 6.03. The smallest absolute Gasteiger partial charge is 0.162 e. The Kier molecular flexibility index (Phi) is 8.84. The van der Waals surface area contributed by atoms with Crippen molar-refractivity contribution in [1.82, 2.24) is 0 Å². The van der Waals surface area contributed by atoms with E-state index in [1.54, 1.807) is 0 Å². The molecule has 98 valence electrons. The van der Waals surface area contributed by atoms with Crippen molar-refractivity contribution in [2.75, 3.05) is 26.4 Å². The molecule has 0 unspecified atom stereocenters. The molecule has 0 aromatic carbocycles. The number of hydrogen-bond donors (Lipinski definition) is 0. The molecular formula is C12H26O4. The molecule has 0 amide bonds. The second kappa shape index (κ2) is 8.93. The molecule has 0 aliphatic carbocycles. The van der Waals surface area contributed by atoms with Crippen LogP contribution in [0, 0.1) is 0 Å². The summed E-state index contributed by atoms with van der Waals surface area (Å²) >= 11 is 0. The maximum Gasteiger partial charge on any atom is 0.162 e. The fourth-order valence-corrected chi connectivity index (χ4v) is 1.25. The largest absolute Gasteiger partial charge is 0.353 e. The van der Waals surface area contributed by atoms with Gasteiger partial charge in [-0.3, -0.25) is 0 Å². The summed E-state index contributed by atoms with van der Waals surface area (Å²) in [7, 11) is 0. The van der Waals surface area contributed by atoms with Gasteiger partial charge in [0.2, 0.25) is 0 Å². The fraction of sp³-hybridized carbons (Fsp3) is 1.00. The molecule has 1 aliphatic heterocycles. The average Bonchev–Trinajstić information content (AvgIpc) is 2.19. The normalized spacial score (nSPS) is 19.1. The van der Waals surface area contributed by atoms with E-state index in [4.69, 9.17) is 18.9 Å². The van der Waals surface area contributed by atoms with E-state index in [9.17, 15) is 0 Å². The molecule has 1 aliphatic rings. The molecule has 0 radical (unpaired) electrons. The Morgan fingerprint density at radius 1 is 1.06 bits per heavy atom. The third-order valence-corrected chi connectivity index (χ3v) is 1.99. The molecule has 4 heteroatoms. The van der Waals surface area contributed by atoms with E-state index in [0.29, 0.717) is 0 Å². The van der Waals surface area contributed by atoms with Gasteiger partial charge in [-0.15, -0.1) is 0 Å². The van der Waals surface area contributed by atoms with Gasteiger partial charge in [-0.1, -0.05) is 0 Å². The van der Waals surface area contributed by atoms with E-state index < -0.39 is 0 Å². The van der Waals surface area contributed by atoms with Crippen LogP contribution in [0.2, 0.25) is 0 Å². The summed E-state index contributed by atoms with van der Waals surface area (Å²) in [6.45, 7) is 12.8. The topological polar surface area (TPSA) is 36.9 Å². The predicted molar refractivity (Wildman–Crippen MR) is 63.3 cm³/mol. The number of rotatable bonds is 4. The lowest BCUT2D eigenvalue weighted by molar-refractivity contribution is -0.244. The Labute approximate surface area is 99.2 Å². The molecule has 0 atom stereocenters. The van der Waals surface area contributed by atoms with Crippen LogP contribution in [0.1, 0.15) is 41.0 Å². The molecule has 0 bridgehead atoms. The van der Waals surface area contributed by atoms with E-state index in [1.807, 2.05) is 34.6 Å². The van der Waals surface area contributed by atoms with Crippen molar-refractivity contribution in [2.24, 2.45) is 0 Å². The van der Waals surface area contributed by atoms with Crippen LogP contribution < -0.4 is 0 Å². The molecule has 0 saturated carbocycles. The van der Waals surface area contributed by atoms with Gasteiger partial charge in [0.25, 0.3) is 0 Å². The molecule has 0 spiro atoms. The molecule has 1 rings (SSSR count). The summed E-state index contributed by atoms with van der Waals surface area (Å²) in [5, 5.41) is 0. The minimum absolute atomic E-state index is 0.0370. The van der Waals surface area contributed by atoms with Crippen LogP contribution >= 0.6 is 0 Å². The van der Waals surface area contributed by atoms with Gasteiger partial charge in [-0.05, 0) is 41.0 Å². The van der Waals surface area contributed by atoms with E-state index in [1.165, 1.54) is 0 Å². The molecule has 0 N–H and O–H groups in total. The summed E-state index contributed by atoms with van der Waals surface area (Å²) in [5.74, 6) is -0.321. The van der Waals surface area contributed by atoms with Gasteiger partial charge in [-0.25, -0.2) is 0 Å². The van der Waals surface area contributed by atoms with E-state index in [-0.39, 0.29) is 12.1 Å². The third-order valence-electron chi connectivity index (χ3n) is 1.99. The fourth-order valence-electron chi connectivity index (χ4n) is 1.25. The Hall–Kier alpha value is -0.160. The van der Waals surface area contributed by atoms with Crippen LogP contribution in [-0.4, -0.2) is 38.5 Å². The monoisotopic (exact) mass is 234 g/mol. The van der Waals surface area contributed by atoms with Crippen molar-refractivity contribution in [3.63, 3.8) is 0 Å². The molecular weight excluding hydrogens is 208 g/mol. The molecule has 0 aromatic heterocycles. The van der Waals surface area contributed by atoms with Gasteiger partial charge in [0.1, 0.15) is 0 Å². The van der Waals surface area contributed by atoms with Crippen LogP contribution in [0.4, 0.5) is 0 Å². The van der Waals surface area contributed by atoms with Gasteiger partial charge < -0.3 is 18.9 Å². The van der Waals surface area contributed by atoms with E-state index >= 15 is 0 Å². The van der Waals surface area contributed by atoms with Gasteiger partial charge in [0.05, 0.1) is 13.2 Å². The first-order valence-electron chi connectivity index (χ1n) is 6.03. The maximum atomic E-state index is 5.24. The van der Waals surface area contributed by atoms with Crippen LogP contribution in [0.25, 0.3) is 0 Å². The SMILES string of the molecule is CC1(C)OCCCO1.CCOC(C)OCC. The quantitative estimate of drug-likeness (QED) is 0.701. The Morgan fingerprint density at radius 2 is 1.50 bits per heavy atom. The Morgan fingerprint density at radius 3 is 1.75 bits per heavy atom.